The molecule has 4 rings (SSSR count). The minimum Gasteiger partial charge on any atom is -0.368 e. The van der Waals surface area contributed by atoms with Crippen molar-refractivity contribution in [1.82, 2.24) is 25.3 Å². The van der Waals surface area contributed by atoms with Crippen LogP contribution in [0.25, 0.3) is 10.9 Å². The van der Waals surface area contributed by atoms with Gasteiger partial charge in [0, 0.05) is 18.1 Å². The molecule has 11 heteroatoms. The Morgan fingerprint density at radius 2 is 1.94 bits per heavy atom. The first-order valence-corrected chi connectivity index (χ1v) is 10.1. The van der Waals surface area contributed by atoms with Crippen molar-refractivity contribution in [3.63, 3.8) is 0 Å². The predicted molar refractivity (Wildman–Crippen MR) is 120 cm³/mol. The molecule has 2 heterocycles. The van der Waals surface area contributed by atoms with Gasteiger partial charge in [-0.3, -0.25) is 4.79 Å². The molecular formula is C23H18F2N8O. The van der Waals surface area contributed by atoms with Crippen LogP contribution in [0.1, 0.15) is 40.3 Å². The number of nitrogens with zero attached hydrogens (tertiary/aromatic N) is 5. The SMILES string of the molecule is C[C@H](NC(=O)c1nc(C#N)cnc1NCc1ccc2nc(N)ncc2c1)c1ccc(F)c(F)c1. The van der Waals surface area contributed by atoms with Crippen molar-refractivity contribution in [3.8, 4) is 6.07 Å². The maximum atomic E-state index is 13.6. The summed E-state index contributed by atoms with van der Waals surface area (Å²) in [5, 5.41) is 15.7. The molecule has 9 nitrogen and oxygen atoms in total. The smallest absolute Gasteiger partial charge is 0.274 e. The number of hydrogen-bond donors (Lipinski definition) is 3. The molecule has 2 aromatic heterocycles. The van der Waals surface area contributed by atoms with Gasteiger partial charge in [-0.25, -0.2) is 28.7 Å². The second-order valence-electron chi connectivity index (χ2n) is 7.41. The van der Waals surface area contributed by atoms with Crippen molar-refractivity contribution in [2.24, 2.45) is 0 Å². The van der Waals surface area contributed by atoms with Crippen molar-refractivity contribution >= 4 is 28.6 Å². The van der Waals surface area contributed by atoms with E-state index in [2.05, 4.69) is 30.6 Å². The predicted octanol–water partition coefficient (Wildman–Crippen LogP) is 3.25. The van der Waals surface area contributed by atoms with E-state index in [1.54, 1.807) is 19.2 Å². The lowest BCUT2D eigenvalue weighted by molar-refractivity contribution is 0.0935. The number of anilines is 2. The Labute approximate surface area is 192 Å². The second-order valence-corrected chi connectivity index (χ2v) is 7.41. The average molecular weight is 460 g/mol. The van der Waals surface area contributed by atoms with Gasteiger partial charge >= 0.3 is 0 Å². The second kappa shape index (κ2) is 9.41. The van der Waals surface area contributed by atoms with Gasteiger partial charge in [0.15, 0.2) is 28.8 Å². The highest BCUT2D eigenvalue weighted by Crippen LogP contribution is 2.19. The average Bonchev–Trinajstić information content (AvgIpc) is 2.84. The zero-order valence-corrected chi connectivity index (χ0v) is 17.9. The molecule has 0 unspecified atom stereocenters. The van der Waals surface area contributed by atoms with E-state index in [-0.39, 0.29) is 23.2 Å². The van der Waals surface area contributed by atoms with E-state index in [1.165, 1.54) is 12.3 Å². The van der Waals surface area contributed by atoms with E-state index < -0.39 is 23.6 Å². The number of amides is 1. The van der Waals surface area contributed by atoms with E-state index in [1.807, 2.05) is 18.2 Å². The molecule has 0 spiro atoms. The molecule has 0 radical (unpaired) electrons. The summed E-state index contributed by atoms with van der Waals surface area (Å²) in [4.78, 5) is 29.3. The third kappa shape index (κ3) is 4.86. The number of nitrogens with two attached hydrogens (primary N) is 1. The minimum atomic E-state index is -1.02. The molecule has 0 aliphatic heterocycles. The zero-order chi connectivity index (χ0) is 24.2. The summed E-state index contributed by atoms with van der Waals surface area (Å²) in [5.74, 6) is -2.30. The summed E-state index contributed by atoms with van der Waals surface area (Å²) >= 11 is 0. The number of fused-ring (bicyclic) bond motifs is 1. The van der Waals surface area contributed by atoms with Crippen LogP contribution in [0.3, 0.4) is 0 Å². The van der Waals surface area contributed by atoms with E-state index in [9.17, 15) is 18.8 Å². The molecular weight excluding hydrogens is 442 g/mol. The summed E-state index contributed by atoms with van der Waals surface area (Å²) in [7, 11) is 0. The van der Waals surface area contributed by atoms with Crippen LogP contribution in [-0.2, 0) is 6.54 Å². The fraction of sp³-hybridized carbons (Fsp3) is 0.130. The van der Waals surface area contributed by atoms with E-state index in [0.29, 0.717) is 17.6 Å². The van der Waals surface area contributed by atoms with Crippen LogP contribution in [0, 0.1) is 23.0 Å². The Kier molecular flexibility index (Phi) is 6.22. The molecule has 2 aromatic carbocycles. The highest BCUT2D eigenvalue weighted by molar-refractivity contribution is 5.97. The largest absolute Gasteiger partial charge is 0.368 e. The highest BCUT2D eigenvalue weighted by atomic mass is 19.2. The molecule has 0 fully saturated rings. The molecule has 0 aliphatic rings. The van der Waals surface area contributed by atoms with Gasteiger partial charge in [0.2, 0.25) is 5.95 Å². The maximum Gasteiger partial charge on any atom is 0.274 e. The quantitative estimate of drug-likeness (QED) is 0.398. The first-order valence-electron chi connectivity index (χ1n) is 10.1. The number of nitrogens with one attached hydrogen (secondary N) is 2. The first-order chi connectivity index (χ1) is 16.3. The standard InChI is InChI=1S/C23H18F2N8O/c1-12(14-3-4-17(24)18(25)7-14)31-22(34)20-21(29-11-16(8-26)32-20)28-9-13-2-5-19-15(6-13)10-30-23(27)33-19/h2-7,10-12H,9H2,1H3,(H,28,29)(H,31,34)(H2,27,30,33)/t12-/m0/s1. The summed E-state index contributed by atoms with van der Waals surface area (Å²) in [6.07, 6.45) is 2.86. The normalized spacial score (nSPS) is 11.6. The zero-order valence-electron chi connectivity index (χ0n) is 17.9. The Morgan fingerprint density at radius 1 is 1.12 bits per heavy atom. The summed E-state index contributed by atoms with van der Waals surface area (Å²) in [5.41, 5.74) is 7.37. The molecule has 34 heavy (non-hydrogen) atoms. The monoisotopic (exact) mass is 460 g/mol. The van der Waals surface area contributed by atoms with Gasteiger partial charge in [-0.05, 0) is 42.3 Å². The number of benzene rings is 2. The van der Waals surface area contributed by atoms with Crippen molar-refractivity contribution in [3.05, 3.63) is 82.9 Å². The van der Waals surface area contributed by atoms with E-state index in [4.69, 9.17) is 5.73 Å². The number of aromatic nitrogens is 4. The Bertz CT molecular complexity index is 1440. The van der Waals surface area contributed by atoms with E-state index in [0.717, 1.165) is 23.1 Å². The molecule has 1 amide bonds. The number of halogens is 2. The van der Waals surface area contributed by atoms with Gasteiger partial charge in [0.05, 0.1) is 17.8 Å². The van der Waals surface area contributed by atoms with E-state index >= 15 is 0 Å². The Balaban J connectivity index is 1.54. The van der Waals surface area contributed by atoms with Crippen LogP contribution >= 0.6 is 0 Å². The third-order valence-corrected chi connectivity index (χ3v) is 5.02. The molecule has 0 saturated heterocycles. The topological polar surface area (TPSA) is 142 Å². The first kappa shape index (κ1) is 22.5. The van der Waals surface area contributed by atoms with Crippen LogP contribution in [0.4, 0.5) is 20.5 Å². The fourth-order valence-corrected chi connectivity index (χ4v) is 3.25. The number of carbonyl (C=O) groups is 1. The molecule has 0 bridgehead atoms. The van der Waals surface area contributed by atoms with Gasteiger partial charge in [-0.1, -0.05) is 12.1 Å². The molecule has 4 N–H and O–H groups in total. The fourth-order valence-electron chi connectivity index (χ4n) is 3.25. The van der Waals surface area contributed by atoms with Gasteiger partial charge in [0.25, 0.3) is 5.91 Å². The number of nitrogen functional groups attached to an aromatic ring is 1. The van der Waals surface area contributed by atoms with Crippen molar-refractivity contribution < 1.29 is 13.6 Å². The van der Waals surface area contributed by atoms with Crippen LogP contribution in [0.2, 0.25) is 0 Å². The highest BCUT2D eigenvalue weighted by Gasteiger charge is 2.19. The number of hydrogen-bond acceptors (Lipinski definition) is 8. The van der Waals surface area contributed by atoms with Crippen LogP contribution < -0.4 is 16.4 Å². The summed E-state index contributed by atoms with van der Waals surface area (Å²) < 4.78 is 26.8. The lowest BCUT2D eigenvalue weighted by Crippen LogP contribution is -2.29. The molecule has 170 valence electrons. The third-order valence-electron chi connectivity index (χ3n) is 5.02. The molecule has 0 aliphatic carbocycles. The lowest BCUT2D eigenvalue weighted by Gasteiger charge is -2.16. The molecule has 0 saturated carbocycles. The summed E-state index contributed by atoms with van der Waals surface area (Å²) in [6.45, 7) is 1.91. The number of rotatable bonds is 6. The summed E-state index contributed by atoms with van der Waals surface area (Å²) in [6, 6.07) is 10.1. The van der Waals surface area contributed by atoms with Gasteiger partial charge in [0.1, 0.15) is 6.07 Å². The van der Waals surface area contributed by atoms with Gasteiger partial charge in [-0.2, -0.15) is 5.26 Å². The lowest BCUT2D eigenvalue weighted by atomic mass is 10.1. The number of carbonyl (C=O) groups excluding carboxylic acids is 1. The minimum absolute atomic E-state index is 0.0448. The van der Waals surface area contributed by atoms with Crippen LogP contribution in [-0.4, -0.2) is 25.8 Å². The van der Waals surface area contributed by atoms with Gasteiger partial charge in [-0.15, -0.1) is 0 Å². The Morgan fingerprint density at radius 3 is 2.71 bits per heavy atom. The van der Waals surface area contributed by atoms with Crippen molar-refractivity contribution in [2.75, 3.05) is 11.1 Å². The van der Waals surface area contributed by atoms with Crippen LogP contribution in [0.15, 0.2) is 48.8 Å². The maximum absolute atomic E-state index is 13.6. The van der Waals surface area contributed by atoms with Crippen molar-refractivity contribution in [2.45, 2.75) is 19.5 Å². The molecule has 1 atom stereocenters. The number of nitriles is 1. The van der Waals surface area contributed by atoms with Crippen LogP contribution in [0.5, 0.6) is 0 Å². The molecule has 4 aromatic rings. The Hall–Kier alpha value is -4.72. The van der Waals surface area contributed by atoms with Crippen molar-refractivity contribution in [1.29, 1.82) is 5.26 Å². The van der Waals surface area contributed by atoms with Gasteiger partial charge < -0.3 is 16.4 Å².